The van der Waals surface area contributed by atoms with Crippen molar-refractivity contribution in [2.45, 2.75) is 12.5 Å². The third-order valence-corrected chi connectivity index (χ3v) is 3.52. The maximum atomic E-state index is 11.9. The first-order valence-corrected chi connectivity index (χ1v) is 7.44. The molecule has 0 saturated carbocycles. The van der Waals surface area contributed by atoms with Crippen molar-refractivity contribution in [1.29, 1.82) is 0 Å². The van der Waals surface area contributed by atoms with Crippen molar-refractivity contribution in [3.63, 3.8) is 0 Å². The lowest BCUT2D eigenvalue weighted by Crippen LogP contribution is -2.44. The summed E-state index contributed by atoms with van der Waals surface area (Å²) in [4.78, 5) is 23.2. The van der Waals surface area contributed by atoms with Crippen LogP contribution in [0, 0.1) is 0 Å². The van der Waals surface area contributed by atoms with E-state index in [9.17, 15) is 14.7 Å². The predicted octanol–water partition coefficient (Wildman–Crippen LogP) is 3.27. The van der Waals surface area contributed by atoms with Gasteiger partial charge in [-0.15, -0.1) is 0 Å². The van der Waals surface area contributed by atoms with Gasteiger partial charge in [0.25, 0.3) is 0 Å². The van der Waals surface area contributed by atoms with Gasteiger partial charge in [0.05, 0.1) is 0 Å². The van der Waals surface area contributed by atoms with E-state index in [2.05, 4.69) is 26.6 Å². The van der Waals surface area contributed by atoms with E-state index in [1.165, 1.54) is 0 Å². The second-order valence-electron chi connectivity index (χ2n) is 4.69. The van der Waals surface area contributed by atoms with Gasteiger partial charge in [0.1, 0.15) is 6.04 Å². The van der Waals surface area contributed by atoms with Crippen LogP contribution in [-0.4, -0.2) is 23.1 Å². The molecule has 0 aliphatic heterocycles. The largest absolute Gasteiger partial charge is 0.480 e. The number of benzene rings is 2. The van der Waals surface area contributed by atoms with Crippen molar-refractivity contribution >= 4 is 33.6 Å². The highest BCUT2D eigenvalue weighted by Crippen LogP contribution is 2.14. The van der Waals surface area contributed by atoms with Crippen LogP contribution in [0.2, 0.25) is 0 Å². The van der Waals surface area contributed by atoms with Gasteiger partial charge >= 0.3 is 12.0 Å². The Hall–Kier alpha value is -2.34. The van der Waals surface area contributed by atoms with Crippen LogP contribution in [0.4, 0.5) is 10.5 Å². The molecule has 0 bridgehead atoms. The molecular weight excluding hydrogens is 348 g/mol. The van der Waals surface area contributed by atoms with Crippen molar-refractivity contribution in [3.05, 3.63) is 64.6 Å². The molecule has 114 valence electrons. The summed E-state index contributed by atoms with van der Waals surface area (Å²) in [7, 11) is 0. The normalized spacial score (nSPS) is 11.5. The molecule has 0 aliphatic rings. The van der Waals surface area contributed by atoms with E-state index in [0.717, 1.165) is 10.0 Å². The second kappa shape index (κ2) is 7.61. The van der Waals surface area contributed by atoms with Gasteiger partial charge in [0, 0.05) is 16.6 Å². The van der Waals surface area contributed by atoms with Gasteiger partial charge in [0.2, 0.25) is 0 Å². The third-order valence-electron chi connectivity index (χ3n) is 2.99. The summed E-state index contributed by atoms with van der Waals surface area (Å²) in [5.74, 6) is -1.07. The van der Waals surface area contributed by atoms with E-state index < -0.39 is 18.0 Å². The maximum Gasteiger partial charge on any atom is 0.326 e. The van der Waals surface area contributed by atoms with Crippen molar-refractivity contribution in [2.75, 3.05) is 5.32 Å². The number of rotatable bonds is 5. The number of anilines is 1. The summed E-state index contributed by atoms with van der Waals surface area (Å²) in [6, 6.07) is 14.6. The highest BCUT2D eigenvalue weighted by molar-refractivity contribution is 9.10. The average Bonchev–Trinajstić information content (AvgIpc) is 2.50. The van der Waals surface area contributed by atoms with Crippen molar-refractivity contribution in [3.8, 4) is 0 Å². The lowest BCUT2D eigenvalue weighted by molar-refractivity contribution is -0.139. The molecule has 6 heteroatoms. The van der Waals surface area contributed by atoms with E-state index in [1.807, 2.05) is 30.3 Å². The number of carbonyl (C=O) groups excluding carboxylic acids is 1. The van der Waals surface area contributed by atoms with E-state index >= 15 is 0 Å². The summed E-state index contributed by atoms with van der Waals surface area (Å²) >= 11 is 3.30. The number of hydrogen-bond donors (Lipinski definition) is 3. The molecule has 2 rings (SSSR count). The Balaban J connectivity index is 1.97. The number of carboxylic acids is 1. The van der Waals surface area contributed by atoms with Gasteiger partial charge in [-0.3, -0.25) is 0 Å². The fourth-order valence-corrected chi connectivity index (χ4v) is 2.17. The molecule has 2 aromatic carbocycles. The minimum atomic E-state index is -1.07. The van der Waals surface area contributed by atoms with Crippen LogP contribution >= 0.6 is 15.9 Å². The minimum absolute atomic E-state index is 0.226. The number of nitrogens with one attached hydrogen (secondary N) is 2. The van der Waals surface area contributed by atoms with E-state index in [1.54, 1.807) is 24.3 Å². The molecule has 1 atom stereocenters. The highest BCUT2D eigenvalue weighted by atomic mass is 79.9. The Morgan fingerprint density at radius 2 is 1.68 bits per heavy atom. The Bertz CT molecular complexity index is 644. The average molecular weight is 363 g/mol. The van der Waals surface area contributed by atoms with Gasteiger partial charge in [-0.25, -0.2) is 9.59 Å². The monoisotopic (exact) mass is 362 g/mol. The Morgan fingerprint density at radius 3 is 2.27 bits per heavy atom. The van der Waals surface area contributed by atoms with Gasteiger partial charge in [-0.2, -0.15) is 0 Å². The molecule has 0 radical (unpaired) electrons. The van der Waals surface area contributed by atoms with Crippen LogP contribution in [0.25, 0.3) is 0 Å². The fraction of sp³-hybridized carbons (Fsp3) is 0.125. The lowest BCUT2D eigenvalue weighted by Gasteiger charge is -2.15. The van der Waals surface area contributed by atoms with Gasteiger partial charge in [0.15, 0.2) is 0 Å². The molecule has 2 aromatic rings. The van der Waals surface area contributed by atoms with Crippen LogP contribution in [0.5, 0.6) is 0 Å². The van der Waals surface area contributed by atoms with Crippen LogP contribution in [0.1, 0.15) is 5.56 Å². The number of hydrogen-bond acceptors (Lipinski definition) is 2. The number of carbonyl (C=O) groups is 2. The molecule has 0 aromatic heterocycles. The Morgan fingerprint density at radius 1 is 1.05 bits per heavy atom. The van der Waals surface area contributed by atoms with Crippen LogP contribution in [-0.2, 0) is 11.2 Å². The maximum absolute atomic E-state index is 11.9. The highest BCUT2D eigenvalue weighted by Gasteiger charge is 2.20. The summed E-state index contributed by atoms with van der Waals surface area (Å²) in [6.07, 6.45) is 0.226. The van der Waals surface area contributed by atoms with Crippen LogP contribution < -0.4 is 10.6 Å². The number of halogens is 1. The summed E-state index contributed by atoms with van der Waals surface area (Å²) < 4.78 is 0.894. The zero-order valence-corrected chi connectivity index (χ0v) is 13.2. The first kappa shape index (κ1) is 16.0. The van der Waals surface area contributed by atoms with Gasteiger partial charge < -0.3 is 15.7 Å². The molecule has 1 unspecified atom stereocenters. The molecule has 3 N–H and O–H groups in total. The molecule has 0 spiro atoms. The van der Waals surface area contributed by atoms with E-state index in [4.69, 9.17) is 0 Å². The van der Waals surface area contributed by atoms with Crippen LogP contribution in [0.3, 0.4) is 0 Å². The van der Waals surface area contributed by atoms with Gasteiger partial charge in [-0.1, -0.05) is 46.3 Å². The quantitative estimate of drug-likeness (QED) is 0.763. The van der Waals surface area contributed by atoms with Crippen molar-refractivity contribution < 1.29 is 14.7 Å². The van der Waals surface area contributed by atoms with Gasteiger partial charge in [-0.05, 0) is 29.8 Å². The summed E-state index contributed by atoms with van der Waals surface area (Å²) in [5, 5.41) is 14.3. The first-order chi connectivity index (χ1) is 10.5. The van der Waals surface area contributed by atoms with E-state index in [-0.39, 0.29) is 6.42 Å². The molecular formula is C16H15BrN2O3. The zero-order chi connectivity index (χ0) is 15.9. The molecule has 0 heterocycles. The topological polar surface area (TPSA) is 78.4 Å². The minimum Gasteiger partial charge on any atom is -0.480 e. The Labute approximate surface area is 136 Å². The molecule has 0 saturated heterocycles. The molecule has 0 aliphatic carbocycles. The number of aliphatic carboxylic acids is 1. The van der Waals surface area contributed by atoms with Crippen molar-refractivity contribution in [2.24, 2.45) is 0 Å². The smallest absolute Gasteiger partial charge is 0.326 e. The Kier molecular flexibility index (Phi) is 5.55. The zero-order valence-electron chi connectivity index (χ0n) is 11.6. The SMILES string of the molecule is O=C(Nc1ccc(Br)cc1)NC(Cc1ccccc1)C(=O)O. The molecule has 0 fully saturated rings. The number of urea groups is 1. The third kappa shape index (κ3) is 4.89. The van der Waals surface area contributed by atoms with Crippen LogP contribution in [0.15, 0.2) is 59.1 Å². The molecule has 5 nitrogen and oxygen atoms in total. The number of carboxylic acid groups (broad SMARTS) is 1. The molecule has 22 heavy (non-hydrogen) atoms. The predicted molar refractivity (Wildman–Crippen MR) is 87.9 cm³/mol. The van der Waals surface area contributed by atoms with Crippen molar-refractivity contribution in [1.82, 2.24) is 5.32 Å². The summed E-state index contributed by atoms with van der Waals surface area (Å²) in [5.41, 5.74) is 1.43. The molecule has 2 amide bonds. The van der Waals surface area contributed by atoms with E-state index in [0.29, 0.717) is 5.69 Å². The first-order valence-electron chi connectivity index (χ1n) is 6.64. The summed E-state index contributed by atoms with van der Waals surface area (Å²) in [6.45, 7) is 0. The standard InChI is InChI=1S/C16H15BrN2O3/c17-12-6-8-13(9-7-12)18-16(22)19-14(15(20)21)10-11-4-2-1-3-5-11/h1-9,14H,10H2,(H,20,21)(H2,18,19,22). The number of amides is 2. The lowest BCUT2D eigenvalue weighted by atomic mass is 10.1. The fourth-order valence-electron chi connectivity index (χ4n) is 1.91. The second-order valence-corrected chi connectivity index (χ2v) is 5.60.